The van der Waals surface area contributed by atoms with Gasteiger partial charge in [-0.3, -0.25) is 0 Å². The molecular weight excluding hydrogens is 218 g/mol. The molecule has 1 aliphatic rings. The van der Waals surface area contributed by atoms with Crippen LogP contribution >= 0.6 is 0 Å². The van der Waals surface area contributed by atoms with Gasteiger partial charge in [-0.2, -0.15) is 0 Å². The summed E-state index contributed by atoms with van der Waals surface area (Å²) in [5, 5.41) is 24.1. The molecule has 1 fully saturated rings. The third kappa shape index (κ3) is 4.52. The van der Waals surface area contributed by atoms with Gasteiger partial charge in [-0.05, 0) is 30.6 Å². The highest BCUT2D eigenvalue weighted by Crippen LogP contribution is 2.48. The number of aliphatic hydroxyl groups is 1. The Morgan fingerprint density at radius 3 is 2.53 bits per heavy atom. The zero-order chi connectivity index (χ0) is 12.9. The predicted molar refractivity (Wildman–Crippen MR) is 68.0 cm³/mol. The maximum atomic E-state index is 9.00. The van der Waals surface area contributed by atoms with E-state index in [1.807, 2.05) is 0 Å². The van der Waals surface area contributed by atoms with Crippen LogP contribution in [0.25, 0.3) is 0 Å². The van der Waals surface area contributed by atoms with Crippen molar-refractivity contribution in [3.63, 3.8) is 0 Å². The molecule has 1 saturated carbocycles. The van der Waals surface area contributed by atoms with E-state index >= 15 is 0 Å². The zero-order valence-electron chi connectivity index (χ0n) is 10.8. The lowest BCUT2D eigenvalue weighted by atomic mass is 9.97. The predicted octanol–water partition coefficient (Wildman–Crippen LogP) is 0.900. The lowest BCUT2D eigenvalue weighted by molar-refractivity contribution is 0.238. The summed E-state index contributed by atoms with van der Waals surface area (Å²) in [6.45, 7) is 5.39. The van der Waals surface area contributed by atoms with Gasteiger partial charge in [-0.25, -0.2) is 0 Å². The van der Waals surface area contributed by atoms with E-state index in [9.17, 15) is 0 Å². The molecule has 0 aliphatic heterocycles. The molecule has 5 nitrogen and oxygen atoms in total. The summed E-state index contributed by atoms with van der Waals surface area (Å²) >= 11 is 0. The molecule has 17 heavy (non-hydrogen) atoms. The Morgan fingerprint density at radius 2 is 2.12 bits per heavy atom. The van der Waals surface area contributed by atoms with Gasteiger partial charge in [-0.15, -0.1) is 0 Å². The third-order valence-corrected chi connectivity index (χ3v) is 3.63. The number of nitrogens with one attached hydrogen (secondary N) is 1. The van der Waals surface area contributed by atoms with Crippen molar-refractivity contribution in [2.75, 3.05) is 13.2 Å². The van der Waals surface area contributed by atoms with Crippen LogP contribution < -0.4 is 11.1 Å². The molecule has 0 aromatic rings. The number of rotatable bonds is 8. The number of hydrogen-bond donors (Lipinski definition) is 4. The third-order valence-electron chi connectivity index (χ3n) is 3.63. The van der Waals surface area contributed by atoms with Crippen LogP contribution in [0.2, 0.25) is 0 Å². The summed E-state index contributed by atoms with van der Waals surface area (Å²) in [5.74, 6) is 0.814. The van der Waals surface area contributed by atoms with E-state index in [0.29, 0.717) is 24.2 Å². The normalized spacial score (nSPS) is 20.6. The topological polar surface area (TPSA) is 90.9 Å². The molecule has 0 aromatic carbocycles. The van der Waals surface area contributed by atoms with Gasteiger partial charge >= 0.3 is 0 Å². The van der Waals surface area contributed by atoms with E-state index in [2.05, 4.69) is 24.3 Å². The second-order valence-electron chi connectivity index (χ2n) is 5.51. The molecule has 1 unspecified atom stereocenters. The quantitative estimate of drug-likeness (QED) is 0.221. The van der Waals surface area contributed by atoms with E-state index in [0.717, 1.165) is 25.8 Å². The van der Waals surface area contributed by atoms with Gasteiger partial charge in [-0.1, -0.05) is 19.0 Å². The molecule has 1 aliphatic carbocycles. The van der Waals surface area contributed by atoms with Crippen LogP contribution in [0.4, 0.5) is 0 Å². The van der Waals surface area contributed by atoms with Crippen LogP contribution in [0.15, 0.2) is 5.16 Å². The Hall–Kier alpha value is -0.810. The number of aliphatic hydroxyl groups excluding tert-OH is 1. The Labute approximate surface area is 103 Å². The molecule has 0 amide bonds. The highest BCUT2D eigenvalue weighted by Gasteiger charge is 2.43. The van der Waals surface area contributed by atoms with E-state index in [1.54, 1.807) is 0 Å². The highest BCUT2D eigenvalue weighted by atomic mass is 16.4. The fourth-order valence-corrected chi connectivity index (χ4v) is 2.17. The van der Waals surface area contributed by atoms with E-state index in [4.69, 9.17) is 16.0 Å². The second-order valence-corrected chi connectivity index (χ2v) is 5.51. The first-order valence-electron chi connectivity index (χ1n) is 6.33. The summed E-state index contributed by atoms with van der Waals surface area (Å²) in [5.41, 5.74) is 5.74. The molecule has 0 spiro atoms. The largest absolute Gasteiger partial charge is 0.409 e. The summed E-state index contributed by atoms with van der Waals surface area (Å²) in [4.78, 5) is 0. The van der Waals surface area contributed by atoms with E-state index < -0.39 is 0 Å². The molecule has 0 aromatic heterocycles. The van der Waals surface area contributed by atoms with Crippen molar-refractivity contribution in [2.45, 2.75) is 45.6 Å². The SMILES string of the molecule is CC(C)C(CCO)NCC1(CC(N)=NO)CC1. The van der Waals surface area contributed by atoms with Crippen molar-refractivity contribution in [2.24, 2.45) is 22.2 Å². The van der Waals surface area contributed by atoms with Gasteiger partial charge in [0.05, 0.1) is 0 Å². The van der Waals surface area contributed by atoms with Crippen LogP contribution in [0.1, 0.15) is 39.5 Å². The Bertz CT molecular complexity index is 262. The Balaban J connectivity index is 2.38. The molecule has 5 heteroatoms. The van der Waals surface area contributed by atoms with Gasteiger partial charge in [0.15, 0.2) is 0 Å². The van der Waals surface area contributed by atoms with Crippen LogP contribution in [-0.2, 0) is 0 Å². The fraction of sp³-hybridized carbons (Fsp3) is 0.917. The first-order valence-corrected chi connectivity index (χ1v) is 6.33. The molecule has 0 saturated heterocycles. The summed E-state index contributed by atoms with van der Waals surface area (Å²) in [6, 6.07) is 0.338. The molecule has 0 heterocycles. The average molecular weight is 243 g/mol. The molecule has 1 rings (SSSR count). The van der Waals surface area contributed by atoms with Crippen molar-refractivity contribution in [1.82, 2.24) is 5.32 Å². The van der Waals surface area contributed by atoms with Crippen molar-refractivity contribution >= 4 is 5.84 Å². The van der Waals surface area contributed by atoms with Crippen LogP contribution in [0.5, 0.6) is 0 Å². The number of hydrogen-bond acceptors (Lipinski definition) is 4. The molecular formula is C12H25N3O2. The smallest absolute Gasteiger partial charge is 0.139 e. The lowest BCUT2D eigenvalue weighted by Gasteiger charge is -2.25. The van der Waals surface area contributed by atoms with Crippen LogP contribution in [0, 0.1) is 11.3 Å². The lowest BCUT2D eigenvalue weighted by Crippen LogP contribution is -2.39. The van der Waals surface area contributed by atoms with Crippen LogP contribution in [0.3, 0.4) is 0 Å². The fourth-order valence-electron chi connectivity index (χ4n) is 2.17. The van der Waals surface area contributed by atoms with Crippen LogP contribution in [-0.4, -0.2) is 35.3 Å². The standard InChI is InChI=1S/C12H25N3O2/c1-9(2)10(3-6-16)14-8-12(4-5-12)7-11(13)15-17/h9-10,14,16-17H,3-8H2,1-2H3,(H2,13,15). The number of oxime groups is 1. The monoisotopic (exact) mass is 243 g/mol. The van der Waals surface area contributed by atoms with E-state index in [-0.39, 0.29) is 12.0 Å². The Morgan fingerprint density at radius 1 is 1.47 bits per heavy atom. The van der Waals surface area contributed by atoms with Gasteiger partial charge in [0.25, 0.3) is 0 Å². The first kappa shape index (κ1) is 14.3. The molecule has 0 radical (unpaired) electrons. The maximum Gasteiger partial charge on any atom is 0.139 e. The van der Waals surface area contributed by atoms with Gasteiger partial charge in [0.2, 0.25) is 0 Å². The second kappa shape index (κ2) is 6.21. The molecule has 5 N–H and O–H groups in total. The first-order chi connectivity index (χ1) is 8.03. The molecule has 1 atom stereocenters. The van der Waals surface area contributed by atoms with Crippen molar-refractivity contribution in [3.05, 3.63) is 0 Å². The number of nitrogens with zero attached hydrogens (tertiary/aromatic N) is 1. The number of amidine groups is 1. The van der Waals surface area contributed by atoms with Crippen molar-refractivity contribution < 1.29 is 10.3 Å². The zero-order valence-corrected chi connectivity index (χ0v) is 10.8. The minimum absolute atomic E-state index is 0.179. The minimum Gasteiger partial charge on any atom is -0.409 e. The summed E-state index contributed by atoms with van der Waals surface area (Å²) < 4.78 is 0. The summed E-state index contributed by atoms with van der Waals surface area (Å²) in [6.07, 6.45) is 3.68. The Kier molecular flexibility index (Phi) is 5.21. The van der Waals surface area contributed by atoms with Crippen molar-refractivity contribution in [1.29, 1.82) is 0 Å². The minimum atomic E-state index is 0.179. The van der Waals surface area contributed by atoms with Gasteiger partial charge < -0.3 is 21.4 Å². The number of nitrogens with two attached hydrogens (primary N) is 1. The average Bonchev–Trinajstić information content (AvgIpc) is 3.04. The highest BCUT2D eigenvalue weighted by molar-refractivity contribution is 5.80. The molecule has 100 valence electrons. The summed E-state index contributed by atoms with van der Waals surface area (Å²) in [7, 11) is 0. The van der Waals surface area contributed by atoms with E-state index in [1.165, 1.54) is 0 Å². The van der Waals surface area contributed by atoms with Gasteiger partial charge in [0.1, 0.15) is 5.84 Å². The van der Waals surface area contributed by atoms with Crippen molar-refractivity contribution in [3.8, 4) is 0 Å². The molecule has 0 bridgehead atoms. The maximum absolute atomic E-state index is 9.00. The van der Waals surface area contributed by atoms with Gasteiger partial charge in [0, 0.05) is 25.6 Å².